The highest BCUT2D eigenvalue weighted by atomic mass is 32.1. The van der Waals surface area contributed by atoms with E-state index in [0.29, 0.717) is 13.2 Å². The molecule has 84 valence electrons. The van der Waals surface area contributed by atoms with Gasteiger partial charge in [0.05, 0.1) is 13.2 Å². The van der Waals surface area contributed by atoms with Gasteiger partial charge in [0.1, 0.15) is 5.01 Å². The van der Waals surface area contributed by atoms with Crippen molar-refractivity contribution < 1.29 is 4.74 Å². The van der Waals surface area contributed by atoms with Crippen LogP contribution in [0.5, 0.6) is 0 Å². The lowest BCUT2D eigenvalue weighted by atomic mass is 10.2. The zero-order valence-corrected chi connectivity index (χ0v) is 9.96. The van der Waals surface area contributed by atoms with Crippen LogP contribution in [0.1, 0.15) is 16.3 Å². The summed E-state index contributed by atoms with van der Waals surface area (Å²) in [6.07, 6.45) is 0. The van der Waals surface area contributed by atoms with Crippen LogP contribution in [0.4, 0.5) is 5.69 Å². The number of aromatic nitrogens is 1. The first-order valence-corrected chi connectivity index (χ1v) is 5.95. The maximum absolute atomic E-state index is 5.60. The molecule has 1 heterocycles. The van der Waals surface area contributed by atoms with E-state index >= 15 is 0 Å². The summed E-state index contributed by atoms with van der Waals surface area (Å²) in [4.78, 5) is 4.33. The number of anilines is 1. The summed E-state index contributed by atoms with van der Waals surface area (Å²) in [5.74, 6) is 0. The summed E-state index contributed by atoms with van der Waals surface area (Å²) in [5.41, 5.74) is 8.56. The van der Waals surface area contributed by atoms with Crippen LogP contribution < -0.4 is 5.73 Å². The van der Waals surface area contributed by atoms with Crippen molar-refractivity contribution in [1.82, 2.24) is 4.98 Å². The van der Waals surface area contributed by atoms with Crippen molar-refractivity contribution >= 4 is 17.0 Å². The van der Waals surface area contributed by atoms with Crippen molar-refractivity contribution in [1.29, 1.82) is 0 Å². The SMILES string of the molecule is Cc1csc(COCc2ccc(N)cc2)n1. The Balaban J connectivity index is 1.82. The molecule has 0 unspecified atom stereocenters. The average molecular weight is 234 g/mol. The van der Waals surface area contributed by atoms with Gasteiger partial charge in [-0.25, -0.2) is 4.98 Å². The summed E-state index contributed by atoms with van der Waals surface area (Å²) in [6.45, 7) is 3.15. The molecule has 0 amide bonds. The minimum atomic E-state index is 0.572. The van der Waals surface area contributed by atoms with E-state index in [1.54, 1.807) is 11.3 Å². The number of nitrogen functional groups attached to an aromatic ring is 1. The Bertz CT molecular complexity index is 450. The van der Waals surface area contributed by atoms with Gasteiger partial charge in [0.15, 0.2) is 0 Å². The maximum atomic E-state index is 5.60. The Morgan fingerprint density at radius 1 is 1.25 bits per heavy atom. The van der Waals surface area contributed by atoms with Crippen molar-refractivity contribution in [2.45, 2.75) is 20.1 Å². The first-order valence-electron chi connectivity index (χ1n) is 5.07. The Morgan fingerprint density at radius 2 is 2.00 bits per heavy atom. The Kier molecular flexibility index (Phi) is 3.54. The number of nitrogens with two attached hydrogens (primary N) is 1. The second-order valence-corrected chi connectivity index (χ2v) is 4.56. The maximum Gasteiger partial charge on any atom is 0.119 e. The van der Waals surface area contributed by atoms with Crippen LogP contribution >= 0.6 is 11.3 Å². The fourth-order valence-corrected chi connectivity index (χ4v) is 2.05. The first-order chi connectivity index (χ1) is 7.74. The van der Waals surface area contributed by atoms with Crippen molar-refractivity contribution in [3.05, 3.63) is 45.9 Å². The Hall–Kier alpha value is -1.39. The highest BCUT2D eigenvalue weighted by Crippen LogP contribution is 2.12. The predicted molar refractivity (Wildman–Crippen MR) is 66.2 cm³/mol. The van der Waals surface area contributed by atoms with Crippen LogP contribution in [-0.2, 0) is 18.0 Å². The molecule has 0 bridgehead atoms. The van der Waals surface area contributed by atoms with Crippen molar-refractivity contribution in [2.24, 2.45) is 0 Å². The minimum absolute atomic E-state index is 0.572. The predicted octanol–water partition coefficient (Wildman–Crippen LogP) is 2.75. The number of nitrogens with zero attached hydrogens (tertiary/aromatic N) is 1. The zero-order chi connectivity index (χ0) is 11.4. The molecular weight excluding hydrogens is 220 g/mol. The van der Waals surface area contributed by atoms with Gasteiger partial charge in [-0.3, -0.25) is 0 Å². The molecule has 1 aromatic carbocycles. The minimum Gasteiger partial charge on any atom is -0.399 e. The van der Waals surface area contributed by atoms with Gasteiger partial charge in [-0.1, -0.05) is 12.1 Å². The molecular formula is C12H14N2OS. The third kappa shape index (κ3) is 3.05. The van der Waals surface area contributed by atoms with Crippen LogP contribution in [0.2, 0.25) is 0 Å². The normalized spacial score (nSPS) is 10.6. The summed E-state index contributed by atoms with van der Waals surface area (Å²) in [6, 6.07) is 7.71. The van der Waals surface area contributed by atoms with E-state index in [0.717, 1.165) is 22.0 Å². The van der Waals surface area contributed by atoms with E-state index in [-0.39, 0.29) is 0 Å². The van der Waals surface area contributed by atoms with Gasteiger partial charge in [0.25, 0.3) is 0 Å². The number of ether oxygens (including phenoxy) is 1. The standard InChI is InChI=1S/C12H14N2OS/c1-9-8-16-12(14-9)7-15-6-10-2-4-11(13)5-3-10/h2-5,8H,6-7,13H2,1H3. The van der Waals surface area contributed by atoms with Crippen LogP contribution in [0, 0.1) is 6.92 Å². The lowest BCUT2D eigenvalue weighted by Gasteiger charge is -2.02. The van der Waals surface area contributed by atoms with E-state index in [1.807, 2.05) is 36.6 Å². The monoisotopic (exact) mass is 234 g/mol. The Morgan fingerprint density at radius 3 is 2.62 bits per heavy atom. The summed E-state index contributed by atoms with van der Waals surface area (Å²) in [7, 11) is 0. The molecule has 1 aromatic heterocycles. The molecule has 0 radical (unpaired) electrons. The molecule has 4 heteroatoms. The summed E-state index contributed by atoms with van der Waals surface area (Å²) < 4.78 is 5.57. The first kappa shape index (κ1) is 11.1. The molecule has 0 aliphatic heterocycles. The second kappa shape index (κ2) is 5.09. The summed E-state index contributed by atoms with van der Waals surface area (Å²) in [5, 5.41) is 3.05. The molecule has 0 aliphatic rings. The summed E-state index contributed by atoms with van der Waals surface area (Å²) >= 11 is 1.63. The fraction of sp³-hybridized carbons (Fsp3) is 0.250. The lowest BCUT2D eigenvalue weighted by molar-refractivity contribution is 0.107. The number of hydrogen-bond donors (Lipinski definition) is 1. The van der Waals surface area contributed by atoms with Crippen LogP contribution in [0.3, 0.4) is 0 Å². The second-order valence-electron chi connectivity index (χ2n) is 3.62. The number of aryl methyl sites for hydroxylation is 1. The van der Waals surface area contributed by atoms with E-state index in [1.165, 1.54) is 0 Å². The molecule has 2 N–H and O–H groups in total. The molecule has 0 spiro atoms. The van der Waals surface area contributed by atoms with Crippen molar-refractivity contribution in [3.63, 3.8) is 0 Å². The Labute approximate surface area is 98.9 Å². The van der Waals surface area contributed by atoms with Gasteiger partial charge in [0.2, 0.25) is 0 Å². The number of thiazole rings is 1. The van der Waals surface area contributed by atoms with Gasteiger partial charge >= 0.3 is 0 Å². The molecule has 2 aromatic rings. The van der Waals surface area contributed by atoms with Gasteiger partial charge in [-0.15, -0.1) is 11.3 Å². The van der Waals surface area contributed by atoms with Gasteiger partial charge in [0, 0.05) is 16.8 Å². The van der Waals surface area contributed by atoms with Gasteiger partial charge < -0.3 is 10.5 Å². The van der Waals surface area contributed by atoms with Gasteiger partial charge in [-0.2, -0.15) is 0 Å². The molecule has 16 heavy (non-hydrogen) atoms. The molecule has 0 aliphatic carbocycles. The van der Waals surface area contributed by atoms with Crippen LogP contribution in [-0.4, -0.2) is 4.98 Å². The van der Waals surface area contributed by atoms with Crippen LogP contribution in [0.15, 0.2) is 29.6 Å². The topological polar surface area (TPSA) is 48.1 Å². The molecule has 0 saturated heterocycles. The largest absolute Gasteiger partial charge is 0.399 e. The molecule has 0 fully saturated rings. The van der Waals surface area contributed by atoms with Crippen LogP contribution in [0.25, 0.3) is 0 Å². The van der Waals surface area contributed by atoms with E-state index in [9.17, 15) is 0 Å². The number of rotatable bonds is 4. The van der Waals surface area contributed by atoms with E-state index in [2.05, 4.69) is 4.98 Å². The average Bonchev–Trinajstić information content (AvgIpc) is 2.67. The quantitative estimate of drug-likeness (QED) is 0.827. The van der Waals surface area contributed by atoms with E-state index < -0.39 is 0 Å². The van der Waals surface area contributed by atoms with Gasteiger partial charge in [-0.05, 0) is 24.6 Å². The molecule has 0 saturated carbocycles. The molecule has 2 rings (SSSR count). The highest BCUT2D eigenvalue weighted by molar-refractivity contribution is 7.09. The number of benzene rings is 1. The lowest BCUT2D eigenvalue weighted by Crippen LogP contribution is -1.94. The highest BCUT2D eigenvalue weighted by Gasteiger charge is 1.99. The number of hydrogen-bond acceptors (Lipinski definition) is 4. The van der Waals surface area contributed by atoms with Crippen molar-refractivity contribution in [2.75, 3.05) is 5.73 Å². The smallest absolute Gasteiger partial charge is 0.119 e. The molecule has 0 atom stereocenters. The fourth-order valence-electron chi connectivity index (χ4n) is 1.34. The third-order valence-electron chi connectivity index (χ3n) is 2.14. The zero-order valence-electron chi connectivity index (χ0n) is 9.14. The third-order valence-corrected chi connectivity index (χ3v) is 3.08. The molecule has 3 nitrogen and oxygen atoms in total. The van der Waals surface area contributed by atoms with Crippen molar-refractivity contribution in [3.8, 4) is 0 Å². The van der Waals surface area contributed by atoms with E-state index in [4.69, 9.17) is 10.5 Å².